The molecule has 0 fully saturated rings. The second-order valence-electron chi connectivity index (χ2n) is 3.36. The molecule has 0 atom stereocenters. The van der Waals surface area contributed by atoms with Gasteiger partial charge in [0, 0.05) is 16.1 Å². The fourth-order valence-electron chi connectivity index (χ4n) is 1.45. The highest BCUT2D eigenvalue weighted by molar-refractivity contribution is 9.10. The monoisotopic (exact) mass is 265 g/mol. The Kier molecular flexibility index (Phi) is 2.44. The van der Waals surface area contributed by atoms with E-state index in [0.717, 1.165) is 15.6 Å². The van der Waals surface area contributed by atoms with Crippen LogP contribution in [0.1, 0.15) is 11.1 Å². The Morgan fingerprint density at radius 2 is 2.00 bits per heavy atom. The minimum atomic E-state index is -0.359. The maximum atomic E-state index is 11.4. The number of imide groups is 1. The fraction of sp³-hybridized carbons (Fsp3) is 0.0909. The number of carbonyl (C=O) groups is 2. The van der Waals surface area contributed by atoms with Crippen LogP contribution in [0.3, 0.4) is 0 Å². The Morgan fingerprint density at radius 1 is 1.27 bits per heavy atom. The van der Waals surface area contributed by atoms with E-state index in [1.807, 2.05) is 25.1 Å². The first kappa shape index (κ1) is 10.1. The number of carbonyl (C=O) groups excluding carboxylic acids is 2. The molecular weight excluding hydrogens is 258 g/mol. The van der Waals surface area contributed by atoms with Crippen LogP contribution in [0.5, 0.6) is 0 Å². The molecule has 0 saturated heterocycles. The summed E-state index contributed by atoms with van der Waals surface area (Å²) in [6.07, 6.45) is 1.32. The van der Waals surface area contributed by atoms with Crippen molar-refractivity contribution >= 4 is 33.3 Å². The Balaban J connectivity index is 2.51. The molecule has 1 aromatic carbocycles. The van der Waals surface area contributed by atoms with E-state index in [9.17, 15) is 9.59 Å². The zero-order chi connectivity index (χ0) is 11.0. The molecule has 1 heterocycles. The Labute approximate surface area is 95.3 Å². The van der Waals surface area contributed by atoms with Gasteiger partial charge in [-0.25, -0.2) is 0 Å². The van der Waals surface area contributed by atoms with Crippen molar-refractivity contribution in [1.82, 2.24) is 5.32 Å². The first-order valence-electron chi connectivity index (χ1n) is 4.41. The molecule has 0 spiro atoms. The van der Waals surface area contributed by atoms with Gasteiger partial charge in [0.25, 0.3) is 11.8 Å². The van der Waals surface area contributed by atoms with Gasteiger partial charge in [-0.2, -0.15) is 0 Å². The van der Waals surface area contributed by atoms with E-state index >= 15 is 0 Å². The maximum absolute atomic E-state index is 11.4. The molecule has 1 aromatic rings. The van der Waals surface area contributed by atoms with Crippen molar-refractivity contribution in [2.75, 3.05) is 0 Å². The average molecular weight is 266 g/mol. The quantitative estimate of drug-likeness (QED) is 0.788. The molecule has 15 heavy (non-hydrogen) atoms. The van der Waals surface area contributed by atoms with Crippen molar-refractivity contribution in [3.05, 3.63) is 39.9 Å². The summed E-state index contributed by atoms with van der Waals surface area (Å²) in [4.78, 5) is 22.4. The SMILES string of the molecule is Cc1ccc(C2=CC(=O)NC2=O)c(Br)c1. The standard InChI is InChI=1S/C11H8BrNO2/c1-6-2-3-7(9(12)4-6)8-5-10(14)13-11(8)15/h2-5H,1H3,(H,13,14,15). The zero-order valence-corrected chi connectivity index (χ0v) is 9.59. The van der Waals surface area contributed by atoms with Crippen LogP contribution >= 0.6 is 15.9 Å². The summed E-state index contributed by atoms with van der Waals surface area (Å²) >= 11 is 3.37. The highest BCUT2D eigenvalue weighted by Crippen LogP contribution is 2.27. The first-order valence-corrected chi connectivity index (χ1v) is 5.21. The molecule has 0 bridgehead atoms. The van der Waals surface area contributed by atoms with Crippen molar-refractivity contribution < 1.29 is 9.59 Å². The summed E-state index contributed by atoms with van der Waals surface area (Å²) in [6, 6.07) is 5.63. The highest BCUT2D eigenvalue weighted by Gasteiger charge is 2.23. The number of aryl methyl sites for hydroxylation is 1. The summed E-state index contributed by atoms with van der Waals surface area (Å²) in [5.41, 5.74) is 2.24. The molecule has 3 nitrogen and oxygen atoms in total. The van der Waals surface area contributed by atoms with Gasteiger partial charge in [-0.3, -0.25) is 14.9 Å². The van der Waals surface area contributed by atoms with Crippen LogP contribution in [0.15, 0.2) is 28.7 Å². The third-order valence-electron chi connectivity index (χ3n) is 2.17. The van der Waals surface area contributed by atoms with Crippen LogP contribution < -0.4 is 5.32 Å². The largest absolute Gasteiger partial charge is 0.289 e. The van der Waals surface area contributed by atoms with E-state index in [1.165, 1.54) is 6.08 Å². The summed E-state index contributed by atoms with van der Waals surface area (Å²) in [6.45, 7) is 1.96. The molecular formula is C11H8BrNO2. The number of hydrogen-bond acceptors (Lipinski definition) is 2. The number of nitrogens with one attached hydrogen (secondary N) is 1. The van der Waals surface area contributed by atoms with Gasteiger partial charge in [-0.1, -0.05) is 28.1 Å². The summed E-state index contributed by atoms with van der Waals surface area (Å²) in [5, 5.41) is 2.22. The molecule has 1 N–H and O–H groups in total. The molecule has 0 radical (unpaired) electrons. The number of rotatable bonds is 1. The summed E-state index contributed by atoms with van der Waals surface area (Å²) < 4.78 is 0.818. The van der Waals surface area contributed by atoms with E-state index in [-0.39, 0.29) is 11.8 Å². The van der Waals surface area contributed by atoms with Gasteiger partial charge in [0.05, 0.1) is 5.57 Å². The van der Waals surface area contributed by atoms with Gasteiger partial charge in [0.1, 0.15) is 0 Å². The Morgan fingerprint density at radius 3 is 2.53 bits per heavy atom. The number of amides is 2. The molecule has 1 aliphatic rings. The lowest BCUT2D eigenvalue weighted by atomic mass is 10.1. The second kappa shape index (κ2) is 3.62. The van der Waals surface area contributed by atoms with E-state index in [4.69, 9.17) is 0 Å². The van der Waals surface area contributed by atoms with E-state index in [2.05, 4.69) is 21.2 Å². The minimum Gasteiger partial charge on any atom is -0.289 e. The Hall–Kier alpha value is -1.42. The number of hydrogen-bond donors (Lipinski definition) is 1. The van der Waals surface area contributed by atoms with Crippen molar-refractivity contribution in [2.24, 2.45) is 0 Å². The molecule has 0 unspecified atom stereocenters. The van der Waals surface area contributed by atoms with Crippen LogP contribution in [0.4, 0.5) is 0 Å². The normalized spacial score (nSPS) is 15.2. The molecule has 4 heteroatoms. The molecule has 2 rings (SSSR count). The van der Waals surface area contributed by atoms with E-state index in [1.54, 1.807) is 0 Å². The predicted octanol–water partition coefficient (Wildman–Crippen LogP) is 1.80. The summed E-state index contributed by atoms with van der Waals surface area (Å²) in [5.74, 6) is -0.702. The van der Waals surface area contributed by atoms with Crippen LogP contribution in [-0.4, -0.2) is 11.8 Å². The van der Waals surface area contributed by atoms with Crippen molar-refractivity contribution in [3.8, 4) is 0 Å². The van der Waals surface area contributed by atoms with E-state index in [0.29, 0.717) is 5.57 Å². The predicted molar refractivity (Wildman–Crippen MR) is 60.0 cm³/mol. The van der Waals surface area contributed by atoms with Gasteiger partial charge in [0.15, 0.2) is 0 Å². The van der Waals surface area contributed by atoms with Gasteiger partial charge in [0.2, 0.25) is 0 Å². The first-order chi connectivity index (χ1) is 7.08. The summed E-state index contributed by atoms with van der Waals surface area (Å²) in [7, 11) is 0. The number of halogens is 1. The molecule has 2 amide bonds. The maximum Gasteiger partial charge on any atom is 0.258 e. The van der Waals surface area contributed by atoms with Crippen LogP contribution in [-0.2, 0) is 9.59 Å². The smallest absolute Gasteiger partial charge is 0.258 e. The third-order valence-corrected chi connectivity index (χ3v) is 2.83. The van der Waals surface area contributed by atoms with Crippen molar-refractivity contribution in [1.29, 1.82) is 0 Å². The third kappa shape index (κ3) is 1.85. The second-order valence-corrected chi connectivity index (χ2v) is 4.21. The lowest BCUT2D eigenvalue weighted by Gasteiger charge is -2.04. The topological polar surface area (TPSA) is 46.2 Å². The number of benzene rings is 1. The molecule has 76 valence electrons. The lowest BCUT2D eigenvalue weighted by Crippen LogP contribution is -2.21. The van der Waals surface area contributed by atoms with Crippen LogP contribution in [0, 0.1) is 6.92 Å². The van der Waals surface area contributed by atoms with Crippen LogP contribution in [0.25, 0.3) is 5.57 Å². The van der Waals surface area contributed by atoms with Crippen molar-refractivity contribution in [2.45, 2.75) is 6.92 Å². The van der Waals surface area contributed by atoms with Gasteiger partial charge >= 0.3 is 0 Å². The van der Waals surface area contributed by atoms with E-state index < -0.39 is 0 Å². The average Bonchev–Trinajstić information content (AvgIpc) is 2.45. The van der Waals surface area contributed by atoms with Crippen LogP contribution in [0.2, 0.25) is 0 Å². The molecule has 0 saturated carbocycles. The molecule has 0 aliphatic carbocycles. The van der Waals surface area contributed by atoms with Crippen molar-refractivity contribution in [3.63, 3.8) is 0 Å². The molecule has 0 aromatic heterocycles. The zero-order valence-electron chi connectivity index (χ0n) is 8.00. The highest BCUT2D eigenvalue weighted by atomic mass is 79.9. The lowest BCUT2D eigenvalue weighted by molar-refractivity contribution is -0.123. The van der Waals surface area contributed by atoms with Gasteiger partial charge in [-0.05, 0) is 18.6 Å². The van der Waals surface area contributed by atoms with Gasteiger partial charge in [-0.15, -0.1) is 0 Å². The fourth-order valence-corrected chi connectivity index (χ4v) is 2.16. The minimum absolute atomic E-state index is 0.343. The molecule has 1 aliphatic heterocycles. The Bertz CT molecular complexity index is 491. The van der Waals surface area contributed by atoms with Gasteiger partial charge < -0.3 is 0 Å².